The maximum absolute atomic E-state index is 11.7. The molecule has 0 aliphatic heterocycles. The van der Waals surface area contributed by atoms with Gasteiger partial charge in [-0.2, -0.15) is 0 Å². The Balaban J connectivity index is 3.69. The van der Waals surface area contributed by atoms with Crippen LogP contribution < -0.4 is 11.1 Å². The lowest BCUT2D eigenvalue weighted by Gasteiger charge is -2.20. The predicted octanol–water partition coefficient (Wildman–Crippen LogP) is 0.515. The molecule has 4 N–H and O–H groups in total. The van der Waals surface area contributed by atoms with Gasteiger partial charge in [-0.05, 0) is 26.7 Å². The highest BCUT2D eigenvalue weighted by Gasteiger charge is 2.28. The van der Waals surface area contributed by atoms with Gasteiger partial charge in [-0.1, -0.05) is 13.3 Å². The van der Waals surface area contributed by atoms with Gasteiger partial charge in [0.1, 0.15) is 5.60 Å². The molecule has 1 atom stereocenters. The topological polar surface area (TPSA) is 109 Å². The van der Waals surface area contributed by atoms with Crippen molar-refractivity contribution >= 4 is 17.6 Å². The van der Waals surface area contributed by atoms with Gasteiger partial charge in [0.05, 0.1) is 0 Å². The quantitative estimate of drug-likeness (QED) is 0.508. The number of primary amides is 1. The summed E-state index contributed by atoms with van der Waals surface area (Å²) in [6.45, 7) is 5.29. The molecule has 0 aliphatic rings. The molecule has 0 saturated heterocycles. The van der Waals surface area contributed by atoms with Crippen LogP contribution in [0.2, 0.25) is 0 Å². The van der Waals surface area contributed by atoms with Gasteiger partial charge < -0.3 is 16.2 Å². The molecule has 6 nitrogen and oxygen atoms in total. The number of hydrogen-bond acceptors (Lipinski definition) is 4. The SMILES string of the molecule is CC(CCCCNC(=O)CCC(N)=O)C(=O)C(C)(C)O. The van der Waals surface area contributed by atoms with Gasteiger partial charge in [-0.25, -0.2) is 0 Å². The highest BCUT2D eigenvalue weighted by Crippen LogP contribution is 2.16. The second kappa shape index (κ2) is 8.68. The maximum Gasteiger partial charge on any atom is 0.220 e. The monoisotopic (exact) mass is 286 g/mol. The molecule has 116 valence electrons. The number of carbonyl (C=O) groups excluding carboxylic acids is 3. The van der Waals surface area contributed by atoms with Gasteiger partial charge in [0.2, 0.25) is 11.8 Å². The van der Waals surface area contributed by atoms with E-state index in [2.05, 4.69) is 5.32 Å². The third-order valence-electron chi connectivity index (χ3n) is 3.04. The Kier molecular flexibility index (Phi) is 8.06. The van der Waals surface area contributed by atoms with Gasteiger partial charge in [-0.3, -0.25) is 14.4 Å². The van der Waals surface area contributed by atoms with Crippen molar-refractivity contribution in [2.24, 2.45) is 11.7 Å². The Morgan fingerprint density at radius 3 is 2.30 bits per heavy atom. The third-order valence-corrected chi connectivity index (χ3v) is 3.04. The van der Waals surface area contributed by atoms with E-state index in [9.17, 15) is 19.5 Å². The van der Waals surface area contributed by atoms with Crippen LogP contribution in [-0.4, -0.2) is 34.8 Å². The van der Waals surface area contributed by atoms with Gasteiger partial charge in [0.15, 0.2) is 5.78 Å². The summed E-state index contributed by atoms with van der Waals surface area (Å²) in [5.74, 6) is -1.04. The first kappa shape index (κ1) is 18.6. The summed E-state index contributed by atoms with van der Waals surface area (Å²) in [6, 6.07) is 0. The molecule has 0 aliphatic carbocycles. The van der Waals surface area contributed by atoms with Crippen LogP contribution in [-0.2, 0) is 14.4 Å². The molecular formula is C14H26N2O4. The van der Waals surface area contributed by atoms with Crippen molar-refractivity contribution in [2.45, 2.75) is 58.5 Å². The molecule has 20 heavy (non-hydrogen) atoms. The van der Waals surface area contributed by atoms with Crippen LogP contribution in [0.5, 0.6) is 0 Å². The van der Waals surface area contributed by atoms with E-state index < -0.39 is 11.5 Å². The minimum absolute atomic E-state index is 0.0585. The molecule has 0 radical (unpaired) electrons. The molecular weight excluding hydrogens is 260 g/mol. The molecule has 1 unspecified atom stereocenters. The van der Waals surface area contributed by atoms with Gasteiger partial charge in [0.25, 0.3) is 0 Å². The number of carbonyl (C=O) groups is 3. The minimum Gasteiger partial charge on any atom is -0.383 e. The van der Waals surface area contributed by atoms with E-state index in [-0.39, 0.29) is 30.4 Å². The number of unbranched alkanes of at least 4 members (excludes halogenated alkanes) is 1. The van der Waals surface area contributed by atoms with Crippen molar-refractivity contribution in [3.05, 3.63) is 0 Å². The lowest BCUT2D eigenvalue weighted by Crippen LogP contribution is -2.35. The first-order chi connectivity index (χ1) is 9.14. The third kappa shape index (κ3) is 8.63. The predicted molar refractivity (Wildman–Crippen MR) is 75.8 cm³/mol. The first-order valence-corrected chi connectivity index (χ1v) is 6.96. The molecule has 0 aromatic heterocycles. The van der Waals surface area contributed by atoms with E-state index in [1.807, 2.05) is 0 Å². The van der Waals surface area contributed by atoms with Crippen LogP contribution in [0.25, 0.3) is 0 Å². The number of Topliss-reactive ketones (excluding diaryl/α,β-unsaturated/α-hetero) is 1. The largest absolute Gasteiger partial charge is 0.383 e. The summed E-state index contributed by atoms with van der Waals surface area (Å²) in [4.78, 5) is 33.5. The van der Waals surface area contributed by atoms with E-state index in [0.29, 0.717) is 13.0 Å². The normalized spacial score (nSPS) is 12.8. The van der Waals surface area contributed by atoms with Crippen LogP contribution in [0.4, 0.5) is 0 Å². The summed E-state index contributed by atoms with van der Waals surface area (Å²) in [7, 11) is 0. The van der Waals surface area contributed by atoms with Crippen LogP contribution >= 0.6 is 0 Å². The van der Waals surface area contributed by atoms with Crippen molar-refractivity contribution in [1.82, 2.24) is 5.32 Å². The number of nitrogens with one attached hydrogen (secondary N) is 1. The lowest BCUT2D eigenvalue weighted by molar-refractivity contribution is -0.138. The molecule has 2 amide bonds. The van der Waals surface area contributed by atoms with Gasteiger partial charge in [0, 0.05) is 25.3 Å². The molecule has 0 fully saturated rings. The molecule has 0 aromatic rings. The second-order valence-corrected chi connectivity index (χ2v) is 5.64. The average molecular weight is 286 g/mol. The van der Waals surface area contributed by atoms with Crippen molar-refractivity contribution in [1.29, 1.82) is 0 Å². The first-order valence-electron chi connectivity index (χ1n) is 6.96. The number of aliphatic hydroxyl groups is 1. The molecule has 0 bridgehead atoms. The molecule has 0 spiro atoms. The van der Waals surface area contributed by atoms with E-state index in [1.54, 1.807) is 6.92 Å². The maximum atomic E-state index is 11.7. The summed E-state index contributed by atoms with van der Waals surface area (Å²) in [5.41, 5.74) is 3.65. The summed E-state index contributed by atoms with van der Waals surface area (Å²) >= 11 is 0. The zero-order chi connectivity index (χ0) is 15.8. The van der Waals surface area contributed by atoms with E-state index in [0.717, 1.165) is 12.8 Å². The summed E-state index contributed by atoms with van der Waals surface area (Å²) in [6.07, 6.45) is 2.40. The molecule has 0 saturated carbocycles. The van der Waals surface area contributed by atoms with E-state index in [4.69, 9.17) is 5.73 Å². The van der Waals surface area contributed by atoms with Crippen LogP contribution in [0.3, 0.4) is 0 Å². The Labute approximate surface area is 120 Å². The number of hydrogen-bond donors (Lipinski definition) is 3. The average Bonchev–Trinajstić information content (AvgIpc) is 2.33. The minimum atomic E-state index is -1.29. The number of ketones is 1. The number of amides is 2. The highest BCUT2D eigenvalue weighted by molar-refractivity contribution is 5.88. The van der Waals surface area contributed by atoms with Gasteiger partial charge in [-0.15, -0.1) is 0 Å². The van der Waals surface area contributed by atoms with E-state index in [1.165, 1.54) is 13.8 Å². The van der Waals surface area contributed by atoms with Crippen molar-refractivity contribution in [3.8, 4) is 0 Å². The van der Waals surface area contributed by atoms with Gasteiger partial charge >= 0.3 is 0 Å². The molecule has 0 aromatic carbocycles. The lowest BCUT2D eigenvalue weighted by atomic mass is 9.89. The van der Waals surface area contributed by atoms with Crippen molar-refractivity contribution in [2.75, 3.05) is 6.54 Å². The standard InChI is InChI=1S/C14H26N2O4/c1-10(13(19)14(2,3)20)6-4-5-9-16-12(18)8-7-11(15)17/h10,20H,4-9H2,1-3H3,(H2,15,17)(H,16,18). The Hall–Kier alpha value is -1.43. The second-order valence-electron chi connectivity index (χ2n) is 5.64. The molecule has 0 heterocycles. The number of rotatable bonds is 10. The molecule has 6 heteroatoms. The smallest absolute Gasteiger partial charge is 0.220 e. The van der Waals surface area contributed by atoms with Crippen LogP contribution in [0.1, 0.15) is 52.9 Å². The fraction of sp³-hybridized carbons (Fsp3) is 0.786. The summed E-state index contributed by atoms with van der Waals surface area (Å²) in [5, 5.41) is 12.3. The zero-order valence-corrected chi connectivity index (χ0v) is 12.6. The van der Waals surface area contributed by atoms with Crippen LogP contribution in [0.15, 0.2) is 0 Å². The Morgan fingerprint density at radius 2 is 1.80 bits per heavy atom. The Morgan fingerprint density at radius 1 is 1.20 bits per heavy atom. The molecule has 0 rings (SSSR count). The fourth-order valence-electron chi connectivity index (χ4n) is 1.86. The van der Waals surface area contributed by atoms with E-state index >= 15 is 0 Å². The Bertz CT molecular complexity index is 348. The number of nitrogens with two attached hydrogens (primary N) is 1. The zero-order valence-electron chi connectivity index (χ0n) is 12.6. The van der Waals surface area contributed by atoms with Crippen molar-refractivity contribution in [3.63, 3.8) is 0 Å². The highest BCUT2D eigenvalue weighted by atomic mass is 16.3. The summed E-state index contributed by atoms with van der Waals surface area (Å²) < 4.78 is 0. The van der Waals surface area contributed by atoms with Crippen LogP contribution in [0, 0.1) is 5.92 Å². The fourth-order valence-corrected chi connectivity index (χ4v) is 1.86. The van der Waals surface area contributed by atoms with Crippen molar-refractivity contribution < 1.29 is 19.5 Å².